The molecule has 0 nitrogen and oxygen atoms in total. The van der Waals surface area contributed by atoms with E-state index in [4.69, 9.17) is 0 Å². The fourth-order valence-corrected chi connectivity index (χ4v) is 1.44. The molecule has 0 amide bonds. The van der Waals surface area contributed by atoms with E-state index in [1.54, 1.807) is 0 Å². The Morgan fingerprint density at radius 2 is 1.88 bits per heavy atom. The van der Waals surface area contributed by atoms with Crippen LogP contribution in [0, 0.1) is 11.8 Å². The summed E-state index contributed by atoms with van der Waals surface area (Å²) in [5.41, 5.74) is 0.681. The highest BCUT2D eigenvalue weighted by Crippen LogP contribution is 2.45. The molecule has 47 valence electrons. The van der Waals surface area contributed by atoms with E-state index in [0.717, 1.165) is 0 Å². The number of rotatable bonds is 2. The lowest BCUT2D eigenvalue weighted by atomic mass is 9.65. The van der Waals surface area contributed by atoms with Gasteiger partial charge in [-0.15, -0.1) is 0 Å². The molecule has 1 aliphatic rings. The topological polar surface area (TPSA) is 0 Å². The molecule has 8 heavy (non-hydrogen) atoms. The lowest BCUT2D eigenvalue weighted by Gasteiger charge is -2.40. The van der Waals surface area contributed by atoms with Crippen molar-refractivity contribution in [3.05, 3.63) is 6.42 Å². The molecule has 0 heterocycles. The minimum absolute atomic E-state index is 0.681. The van der Waals surface area contributed by atoms with Crippen LogP contribution in [-0.4, -0.2) is 0 Å². The van der Waals surface area contributed by atoms with Gasteiger partial charge in [-0.25, -0.2) is 0 Å². The highest BCUT2D eigenvalue weighted by Gasteiger charge is 2.32. The Labute approximate surface area is 52.3 Å². The molecule has 1 rings (SSSR count). The summed E-state index contributed by atoms with van der Waals surface area (Å²) in [5, 5.41) is 0. The van der Waals surface area contributed by atoms with Gasteiger partial charge in [0.05, 0.1) is 0 Å². The van der Waals surface area contributed by atoms with Crippen LogP contribution in [0.2, 0.25) is 0 Å². The Balaban J connectivity index is 2.33. The first-order valence-electron chi connectivity index (χ1n) is 3.67. The summed E-state index contributed by atoms with van der Waals surface area (Å²) in [7, 11) is 0. The van der Waals surface area contributed by atoms with Gasteiger partial charge in [0, 0.05) is 0 Å². The van der Waals surface area contributed by atoms with Crippen molar-refractivity contribution in [1.82, 2.24) is 0 Å². The molecule has 1 aliphatic carbocycles. The largest absolute Gasteiger partial charge is 0.0648 e. The SMILES string of the molecule is CCC1(CC)[CH]CC1. The van der Waals surface area contributed by atoms with Gasteiger partial charge < -0.3 is 0 Å². The van der Waals surface area contributed by atoms with Crippen LogP contribution in [0.1, 0.15) is 39.5 Å². The summed E-state index contributed by atoms with van der Waals surface area (Å²) in [5.74, 6) is 0. The molecule has 1 saturated carbocycles. The zero-order chi connectivity index (χ0) is 6.04. The smallest absolute Gasteiger partial charge is 0.0271 e. The molecular formula is C8H15. The molecule has 0 heteroatoms. The predicted octanol–water partition coefficient (Wildman–Crippen LogP) is 2.79. The van der Waals surface area contributed by atoms with E-state index in [-0.39, 0.29) is 0 Å². The maximum atomic E-state index is 2.48. The van der Waals surface area contributed by atoms with E-state index in [1.165, 1.54) is 25.7 Å². The van der Waals surface area contributed by atoms with Gasteiger partial charge in [-0.3, -0.25) is 0 Å². The molecule has 1 fully saturated rings. The minimum atomic E-state index is 0.681. The summed E-state index contributed by atoms with van der Waals surface area (Å²) in [4.78, 5) is 0. The van der Waals surface area contributed by atoms with Crippen molar-refractivity contribution in [3.63, 3.8) is 0 Å². The molecule has 0 bridgehead atoms. The summed E-state index contributed by atoms with van der Waals surface area (Å²) in [6.45, 7) is 4.58. The molecule has 0 aromatic heterocycles. The Morgan fingerprint density at radius 3 is 1.88 bits per heavy atom. The number of hydrogen-bond donors (Lipinski definition) is 0. The van der Waals surface area contributed by atoms with Gasteiger partial charge in [0.1, 0.15) is 0 Å². The summed E-state index contributed by atoms with van der Waals surface area (Å²) in [6, 6.07) is 0. The lowest BCUT2D eigenvalue weighted by molar-refractivity contribution is 0.210. The average Bonchev–Trinajstić information content (AvgIpc) is 1.67. The van der Waals surface area contributed by atoms with Gasteiger partial charge in [-0.1, -0.05) is 26.7 Å². The molecule has 0 atom stereocenters. The monoisotopic (exact) mass is 111 g/mol. The first kappa shape index (κ1) is 6.12. The van der Waals surface area contributed by atoms with Crippen LogP contribution < -0.4 is 0 Å². The zero-order valence-corrected chi connectivity index (χ0v) is 5.91. The van der Waals surface area contributed by atoms with Crippen molar-refractivity contribution in [1.29, 1.82) is 0 Å². The highest BCUT2D eigenvalue weighted by atomic mass is 14.4. The van der Waals surface area contributed by atoms with Gasteiger partial charge in [0.2, 0.25) is 0 Å². The second-order valence-corrected chi connectivity index (χ2v) is 2.81. The molecule has 1 radical (unpaired) electrons. The third-order valence-electron chi connectivity index (χ3n) is 2.63. The second kappa shape index (κ2) is 2.08. The maximum Gasteiger partial charge on any atom is -0.0271 e. The minimum Gasteiger partial charge on any atom is -0.0648 e. The van der Waals surface area contributed by atoms with Crippen molar-refractivity contribution in [2.24, 2.45) is 5.41 Å². The predicted molar refractivity (Wildman–Crippen MR) is 36.5 cm³/mol. The molecule has 0 aromatic rings. The third kappa shape index (κ3) is 0.765. The maximum absolute atomic E-state index is 2.48. The molecular weight excluding hydrogens is 96.1 g/mol. The van der Waals surface area contributed by atoms with Crippen LogP contribution in [0.4, 0.5) is 0 Å². The normalized spacial score (nSPS) is 24.8. The summed E-state index contributed by atoms with van der Waals surface area (Å²) >= 11 is 0. The van der Waals surface area contributed by atoms with E-state index in [1.807, 2.05) is 0 Å². The zero-order valence-electron chi connectivity index (χ0n) is 5.91. The van der Waals surface area contributed by atoms with Crippen LogP contribution in [0.3, 0.4) is 0 Å². The standard InChI is InChI=1S/C8H15/c1-3-8(4-2)6-5-7-8/h6H,3-5,7H2,1-2H3. The van der Waals surface area contributed by atoms with Gasteiger partial charge in [0.25, 0.3) is 0 Å². The molecule has 0 unspecified atom stereocenters. The lowest BCUT2D eigenvalue weighted by Crippen LogP contribution is -2.28. The Morgan fingerprint density at radius 1 is 1.38 bits per heavy atom. The third-order valence-corrected chi connectivity index (χ3v) is 2.63. The molecule has 0 N–H and O–H groups in total. The van der Waals surface area contributed by atoms with E-state index < -0.39 is 0 Å². The first-order chi connectivity index (χ1) is 3.83. The average molecular weight is 111 g/mol. The molecule has 0 saturated heterocycles. The van der Waals surface area contributed by atoms with Crippen molar-refractivity contribution in [2.45, 2.75) is 39.5 Å². The number of hydrogen-bond acceptors (Lipinski definition) is 0. The van der Waals surface area contributed by atoms with Gasteiger partial charge in [0.15, 0.2) is 0 Å². The van der Waals surface area contributed by atoms with Crippen LogP contribution in [0.5, 0.6) is 0 Å². The molecule has 0 spiro atoms. The fourth-order valence-electron chi connectivity index (χ4n) is 1.44. The fraction of sp³-hybridized carbons (Fsp3) is 0.875. The molecule has 0 aliphatic heterocycles. The van der Waals surface area contributed by atoms with E-state index in [9.17, 15) is 0 Å². The highest BCUT2D eigenvalue weighted by molar-refractivity contribution is 4.99. The summed E-state index contributed by atoms with van der Waals surface area (Å²) in [6.07, 6.45) is 7.99. The van der Waals surface area contributed by atoms with E-state index in [2.05, 4.69) is 20.3 Å². The van der Waals surface area contributed by atoms with Crippen molar-refractivity contribution in [3.8, 4) is 0 Å². The molecule has 0 aromatic carbocycles. The summed E-state index contributed by atoms with van der Waals surface area (Å²) < 4.78 is 0. The van der Waals surface area contributed by atoms with Crippen LogP contribution in [-0.2, 0) is 0 Å². The van der Waals surface area contributed by atoms with Crippen molar-refractivity contribution >= 4 is 0 Å². The second-order valence-electron chi connectivity index (χ2n) is 2.81. The Bertz CT molecular complexity index is 56.6. The Hall–Kier alpha value is 0. The van der Waals surface area contributed by atoms with Crippen LogP contribution in [0.15, 0.2) is 0 Å². The van der Waals surface area contributed by atoms with Crippen LogP contribution >= 0.6 is 0 Å². The van der Waals surface area contributed by atoms with Gasteiger partial charge >= 0.3 is 0 Å². The first-order valence-corrected chi connectivity index (χ1v) is 3.67. The quantitative estimate of drug-likeness (QED) is 0.514. The van der Waals surface area contributed by atoms with Crippen molar-refractivity contribution in [2.75, 3.05) is 0 Å². The van der Waals surface area contributed by atoms with Crippen molar-refractivity contribution < 1.29 is 0 Å². The van der Waals surface area contributed by atoms with Gasteiger partial charge in [-0.2, -0.15) is 0 Å². The van der Waals surface area contributed by atoms with Crippen LogP contribution in [0.25, 0.3) is 0 Å². The van der Waals surface area contributed by atoms with E-state index >= 15 is 0 Å². The Kier molecular flexibility index (Phi) is 1.59. The van der Waals surface area contributed by atoms with E-state index in [0.29, 0.717) is 5.41 Å². The van der Waals surface area contributed by atoms with Gasteiger partial charge in [-0.05, 0) is 24.7 Å².